The number of anilines is 2. The van der Waals surface area contributed by atoms with Gasteiger partial charge in [0.2, 0.25) is 0 Å². The first-order chi connectivity index (χ1) is 15.1. The van der Waals surface area contributed by atoms with E-state index < -0.39 is 17.7 Å². The van der Waals surface area contributed by atoms with E-state index in [1.807, 2.05) is 6.07 Å². The van der Waals surface area contributed by atoms with E-state index in [2.05, 4.69) is 16.0 Å². The summed E-state index contributed by atoms with van der Waals surface area (Å²) in [6.45, 7) is 1.09. The molecule has 3 aromatic rings. The van der Waals surface area contributed by atoms with E-state index in [1.165, 1.54) is 18.2 Å². The summed E-state index contributed by atoms with van der Waals surface area (Å²) < 4.78 is 37.7. The molecule has 0 saturated carbocycles. The highest BCUT2D eigenvalue weighted by Gasteiger charge is 2.05. The van der Waals surface area contributed by atoms with Gasteiger partial charge in [0.15, 0.2) is 23.1 Å². The van der Waals surface area contributed by atoms with Gasteiger partial charge in [0, 0.05) is 17.9 Å². The predicted octanol–water partition coefficient (Wildman–Crippen LogP) is 4.66. The smallest absolute Gasteiger partial charge is 0.319 e. The topological polar surface area (TPSA) is 71.6 Å². The quantitative estimate of drug-likeness (QED) is 0.412. The highest BCUT2D eigenvalue weighted by Crippen LogP contribution is 2.17. The number of rotatable bonds is 10. The van der Waals surface area contributed by atoms with Crippen LogP contribution in [-0.2, 0) is 0 Å². The third kappa shape index (κ3) is 7.18. The minimum atomic E-state index is -0.449. The number of urea groups is 1. The van der Waals surface area contributed by atoms with Gasteiger partial charge in [-0.1, -0.05) is 30.3 Å². The highest BCUT2D eigenvalue weighted by molar-refractivity contribution is 5.89. The number of hydrogen-bond acceptors (Lipinski definition) is 4. The fourth-order valence-electron chi connectivity index (χ4n) is 2.69. The van der Waals surface area contributed by atoms with Crippen LogP contribution in [0.2, 0.25) is 0 Å². The molecule has 0 aliphatic heterocycles. The van der Waals surface area contributed by atoms with Gasteiger partial charge in [-0.25, -0.2) is 13.6 Å². The zero-order chi connectivity index (χ0) is 21.9. The molecule has 0 saturated heterocycles. The summed E-state index contributed by atoms with van der Waals surface area (Å²) >= 11 is 0. The van der Waals surface area contributed by atoms with E-state index in [0.29, 0.717) is 12.2 Å². The SMILES string of the molecule is O=C(NCCOc1ccccc1F)Nc1cccc(NCCOc2ccccc2F)c1. The first kappa shape index (κ1) is 21.9. The van der Waals surface area contributed by atoms with Gasteiger partial charge in [0.05, 0.1) is 6.54 Å². The average Bonchev–Trinajstić information content (AvgIpc) is 2.77. The van der Waals surface area contributed by atoms with Gasteiger partial charge in [-0.15, -0.1) is 0 Å². The second-order valence-electron chi connectivity index (χ2n) is 6.45. The fraction of sp³-hybridized carbons (Fsp3) is 0.174. The lowest BCUT2D eigenvalue weighted by Crippen LogP contribution is -2.32. The van der Waals surface area contributed by atoms with E-state index >= 15 is 0 Å². The molecule has 0 aliphatic rings. The van der Waals surface area contributed by atoms with Crippen molar-refractivity contribution in [2.24, 2.45) is 0 Å². The minimum Gasteiger partial charge on any atom is -0.489 e. The van der Waals surface area contributed by atoms with Crippen LogP contribution in [-0.4, -0.2) is 32.3 Å². The monoisotopic (exact) mass is 427 g/mol. The normalized spacial score (nSPS) is 10.3. The van der Waals surface area contributed by atoms with Crippen LogP contribution < -0.4 is 25.4 Å². The number of hydrogen-bond donors (Lipinski definition) is 3. The molecule has 0 bridgehead atoms. The molecule has 0 spiro atoms. The lowest BCUT2D eigenvalue weighted by Gasteiger charge is -2.12. The Bertz CT molecular complexity index is 1000. The Balaban J connectivity index is 1.36. The Kier molecular flexibility index (Phi) is 8.05. The molecule has 2 amide bonds. The Labute approximate surface area is 179 Å². The van der Waals surface area contributed by atoms with Crippen LogP contribution in [0.3, 0.4) is 0 Å². The Hall–Kier alpha value is -3.81. The molecule has 3 N–H and O–H groups in total. The Morgan fingerprint density at radius 2 is 1.32 bits per heavy atom. The van der Waals surface area contributed by atoms with Gasteiger partial charge in [0.1, 0.15) is 13.2 Å². The number of halogens is 2. The number of amides is 2. The van der Waals surface area contributed by atoms with Gasteiger partial charge in [0.25, 0.3) is 0 Å². The number of carbonyl (C=O) groups excluding carboxylic acids is 1. The number of benzene rings is 3. The van der Waals surface area contributed by atoms with E-state index in [0.717, 1.165) is 5.69 Å². The Morgan fingerprint density at radius 1 is 0.742 bits per heavy atom. The zero-order valence-electron chi connectivity index (χ0n) is 16.7. The second kappa shape index (κ2) is 11.4. The summed E-state index contributed by atoms with van der Waals surface area (Å²) in [7, 11) is 0. The lowest BCUT2D eigenvalue weighted by atomic mass is 10.3. The standard InChI is InChI=1S/C23H23F2N3O3/c24-19-8-1-3-10-21(19)30-14-12-26-17-6-5-7-18(16-17)28-23(29)27-13-15-31-22-11-4-2-9-20(22)25/h1-11,16,26H,12-15H2,(H2,27,28,29). The predicted molar refractivity (Wildman–Crippen MR) is 116 cm³/mol. The van der Waals surface area contributed by atoms with Crippen LogP contribution >= 0.6 is 0 Å². The maximum absolute atomic E-state index is 13.5. The van der Waals surface area contributed by atoms with Crippen LogP contribution in [0, 0.1) is 11.6 Å². The van der Waals surface area contributed by atoms with Gasteiger partial charge in [-0.3, -0.25) is 0 Å². The molecule has 8 heteroatoms. The molecule has 3 aromatic carbocycles. The van der Waals surface area contributed by atoms with Crippen molar-refractivity contribution in [3.05, 3.63) is 84.4 Å². The summed E-state index contributed by atoms with van der Waals surface area (Å²) in [5, 5.41) is 8.51. The van der Waals surface area contributed by atoms with Crippen LogP contribution in [0.5, 0.6) is 11.5 Å². The molecule has 0 aliphatic carbocycles. The summed E-state index contributed by atoms with van der Waals surface area (Å²) in [5.74, 6) is -0.507. The van der Waals surface area contributed by atoms with Crippen molar-refractivity contribution in [3.8, 4) is 11.5 Å². The first-order valence-electron chi connectivity index (χ1n) is 9.75. The summed E-state index contributed by atoms with van der Waals surface area (Å²) in [5.41, 5.74) is 1.37. The van der Waals surface area contributed by atoms with Crippen molar-refractivity contribution in [1.82, 2.24) is 5.32 Å². The molecule has 0 aromatic heterocycles. The molecule has 6 nitrogen and oxygen atoms in total. The van der Waals surface area contributed by atoms with Crippen molar-refractivity contribution in [1.29, 1.82) is 0 Å². The van der Waals surface area contributed by atoms with E-state index in [9.17, 15) is 13.6 Å². The summed E-state index contributed by atoms with van der Waals surface area (Å²) in [6, 6.07) is 19.0. The van der Waals surface area contributed by atoms with Gasteiger partial charge < -0.3 is 25.4 Å². The number of carbonyl (C=O) groups is 1. The Morgan fingerprint density at radius 3 is 1.97 bits per heavy atom. The van der Waals surface area contributed by atoms with Gasteiger partial charge >= 0.3 is 6.03 Å². The number of nitrogens with one attached hydrogen (secondary N) is 3. The van der Waals surface area contributed by atoms with Crippen molar-refractivity contribution < 1.29 is 23.0 Å². The molecule has 31 heavy (non-hydrogen) atoms. The maximum atomic E-state index is 13.5. The molecule has 0 fully saturated rings. The van der Waals surface area contributed by atoms with Crippen LogP contribution in [0.15, 0.2) is 72.8 Å². The van der Waals surface area contributed by atoms with E-state index in [1.54, 1.807) is 48.5 Å². The second-order valence-corrected chi connectivity index (χ2v) is 6.45. The van der Waals surface area contributed by atoms with Crippen molar-refractivity contribution in [2.75, 3.05) is 36.9 Å². The van der Waals surface area contributed by atoms with E-state index in [-0.39, 0.29) is 31.3 Å². The largest absolute Gasteiger partial charge is 0.489 e. The van der Waals surface area contributed by atoms with Crippen LogP contribution in [0.1, 0.15) is 0 Å². The third-order valence-corrected chi connectivity index (χ3v) is 4.13. The van der Waals surface area contributed by atoms with Crippen molar-refractivity contribution in [3.63, 3.8) is 0 Å². The first-order valence-corrected chi connectivity index (χ1v) is 9.75. The molecular weight excluding hydrogens is 404 g/mol. The number of para-hydroxylation sites is 2. The molecule has 162 valence electrons. The van der Waals surface area contributed by atoms with Gasteiger partial charge in [-0.05, 0) is 42.5 Å². The third-order valence-electron chi connectivity index (χ3n) is 4.13. The molecule has 0 heterocycles. The number of ether oxygens (including phenoxy) is 2. The summed E-state index contributed by atoms with van der Waals surface area (Å²) in [6.07, 6.45) is 0. The summed E-state index contributed by atoms with van der Waals surface area (Å²) in [4.78, 5) is 12.0. The lowest BCUT2D eigenvalue weighted by molar-refractivity contribution is 0.246. The van der Waals surface area contributed by atoms with E-state index in [4.69, 9.17) is 9.47 Å². The molecule has 0 atom stereocenters. The molecule has 0 unspecified atom stereocenters. The van der Waals surface area contributed by atoms with Crippen LogP contribution in [0.4, 0.5) is 25.0 Å². The average molecular weight is 427 g/mol. The van der Waals surface area contributed by atoms with Gasteiger partial charge in [-0.2, -0.15) is 0 Å². The molecule has 0 radical (unpaired) electrons. The van der Waals surface area contributed by atoms with Crippen LogP contribution in [0.25, 0.3) is 0 Å². The van der Waals surface area contributed by atoms with Crippen molar-refractivity contribution in [2.45, 2.75) is 0 Å². The maximum Gasteiger partial charge on any atom is 0.319 e. The molecule has 3 rings (SSSR count). The minimum absolute atomic E-state index is 0.137. The highest BCUT2D eigenvalue weighted by atomic mass is 19.1. The zero-order valence-corrected chi connectivity index (χ0v) is 16.7. The van der Waals surface area contributed by atoms with Crippen molar-refractivity contribution >= 4 is 17.4 Å². The fourth-order valence-corrected chi connectivity index (χ4v) is 2.69. The molecular formula is C23H23F2N3O3.